The largest absolute Gasteiger partial charge is 0.463 e. The maximum absolute atomic E-state index is 12.6. The minimum atomic E-state index is -1.73. The Kier molecular flexibility index (Phi) is 5.13. The fourth-order valence-electron chi connectivity index (χ4n) is 2.44. The first kappa shape index (κ1) is 16.9. The Morgan fingerprint density at radius 1 is 1.29 bits per heavy atom. The van der Waals surface area contributed by atoms with E-state index in [4.69, 9.17) is 4.74 Å². The van der Waals surface area contributed by atoms with E-state index in [0.29, 0.717) is 16.2 Å². The van der Waals surface area contributed by atoms with Gasteiger partial charge in [-0.25, -0.2) is 9.78 Å². The Bertz CT molecular complexity index is 744. The van der Waals surface area contributed by atoms with Gasteiger partial charge >= 0.3 is 5.97 Å². The summed E-state index contributed by atoms with van der Waals surface area (Å²) in [5.74, 6) is 0.296. The van der Waals surface area contributed by atoms with Crippen molar-refractivity contribution >= 4 is 28.6 Å². The van der Waals surface area contributed by atoms with E-state index in [1.54, 1.807) is 18.3 Å². The van der Waals surface area contributed by atoms with Crippen LogP contribution < -0.4 is 0 Å². The molecule has 3 aromatic heterocycles. The fourth-order valence-corrected chi connectivity index (χ4v) is 4.15. The third-order valence-electron chi connectivity index (χ3n) is 3.75. The zero-order chi connectivity index (χ0) is 17.0. The van der Waals surface area contributed by atoms with Gasteiger partial charge in [0.25, 0.3) is 0 Å². The van der Waals surface area contributed by atoms with Gasteiger partial charge in [-0.2, -0.15) is 0 Å². The summed E-state index contributed by atoms with van der Waals surface area (Å²) in [6.45, 7) is 2.89. The second kappa shape index (κ2) is 7.29. The molecule has 0 atom stereocenters. The van der Waals surface area contributed by atoms with Crippen LogP contribution in [-0.4, -0.2) is 27.2 Å². The SMILES string of the molecule is Cc1nccn1CCCOC(=O)C(O)(c1cccs1)c1cccs1. The fraction of sp³-hybridized carbons (Fsp3) is 0.294. The lowest BCUT2D eigenvalue weighted by Crippen LogP contribution is -2.37. The number of rotatable bonds is 7. The summed E-state index contributed by atoms with van der Waals surface area (Å²) in [5.41, 5.74) is -1.73. The predicted molar refractivity (Wildman–Crippen MR) is 94.2 cm³/mol. The molecule has 0 saturated heterocycles. The molecule has 0 bridgehead atoms. The van der Waals surface area contributed by atoms with Crippen molar-refractivity contribution in [3.63, 3.8) is 0 Å². The van der Waals surface area contributed by atoms with Crippen molar-refractivity contribution < 1.29 is 14.6 Å². The average molecular weight is 362 g/mol. The molecule has 0 aliphatic rings. The number of aryl methyl sites for hydroxylation is 2. The van der Waals surface area contributed by atoms with Gasteiger partial charge in [0.15, 0.2) is 0 Å². The van der Waals surface area contributed by atoms with Crippen LogP contribution in [0.2, 0.25) is 0 Å². The van der Waals surface area contributed by atoms with Gasteiger partial charge in [-0.15, -0.1) is 22.7 Å². The van der Waals surface area contributed by atoms with Crippen molar-refractivity contribution in [3.8, 4) is 0 Å². The number of carbonyl (C=O) groups is 1. The number of hydrogen-bond acceptors (Lipinski definition) is 6. The molecule has 0 aliphatic heterocycles. The zero-order valence-corrected chi connectivity index (χ0v) is 14.8. The third-order valence-corrected chi connectivity index (χ3v) is 5.71. The summed E-state index contributed by atoms with van der Waals surface area (Å²) in [6, 6.07) is 7.13. The molecular weight excluding hydrogens is 344 g/mol. The Morgan fingerprint density at radius 3 is 2.46 bits per heavy atom. The van der Waals surface area contributed by atoms with E-state index >= 15 is 0 Å². The normalized spacial score (nSPS) is 11.6. The van der Waals surface area contributed by atoms with Crippen LogP contribution in [0.4, 0.5) is 0 Å². The van der Waals surface area contributed by atoms with E-state index in [1.165, 1.54) is 22.7 Å². The lowest BCUT2D eigenvalue weighted by Gasteiger charge is -2.23. The molecule has 0 radical (unpaired) electrons. The van der Waals surface area contributed by atoms with Gasteiger partial charge < -0.3 is 14.4 Å². The molecule has 0 aliphatic carbocycles. The predicted octanol–water partition coefficient (Wildman–Crippen LogP) is 3.18. The van der Waals surface area contributed by atoms with E-state index < -0.39 is 11.6 Å². The van der Waals surface area contributed by atoms with Crippen LogP contribution in [0.5, 0.6) is 0 Å². The Hall–Kier alpha value is -1.96. The molecular formula is C17H18N2O3S2. The van der Waals surface area contributed by atoms with E-state index in [-0.39, 0.29) is 6.61 Å². The summed E-state index contributed by atoms with van der Waals surface area (Å²) in [6.07, 6.45) is 4.30. The average Bonchev–Trinajstić information content (AvgIpc) is 3.32. The van der Waals surface area contributed by atoms with E-state index in [1.807, 2.05) is 40.6 Å². The lowest BCUT2D eigenvalue weighted by atomic mass is 10.0. The summed E-state index contributed by atoms with van der Waals surface area (Å²) >= 11 is 2.68. The molecule has 0 aromatic carbocycles. The van der Waals surface area contributed by atoms with Crippen LogP contribution in [0.25, 0.3) is 0 Å². The monoisotopic (exact) mass is 362 g/mol. The Labute approximate surface area is 148 Å². The van der Waals surface area contributed by atoms with Crippen LogP contribution >= 0.6 is 22.7 Å². The molecule has 126 valence electrons. The number of aromatic nitrogens is 2. The zero-order valence-electron chi connectivity index (χ0n) is 13.2. The molecule has 0 amide bonds. The molecule has 5 nitrogen and oxygen atoms in total. The van der Waals surface area contributed by atoms with E-state index in [2.05, 4.69) is 4.98 Å². The number of nitrogens with zero attached hydrogens (tertiary/aromatic N) is 2. The minimum Gasteiger partial charge on any atom is -0.463 e. The molecule has 0 saturated carbocycles. The highest BCUT2D eigenvalue weighted by Crippen LogP contribution is 2.36. The molecule has 3 aromatic rings. The first-order valence-electron chi connectivity index (χ1n) is 7.57. The van der Waals surface area contributed by atoms with Crippen molar-refractivity contribution in [1.82, 2.24) is 9.55 Å². The number of thiophene rings is 2. The number of hydrogen-bond donors (Lipinski definition) is 1. The second-order valence-electron chi connectivity index (χ2n) is 5.32. The maximum atomic E-state index is 12.6. The van der Waals surface area contributed by atoms with Crippen molar-refractivity contribution in [1.29, 1.82) is 0 Å². The number of imidazole rings is 1. The van der Waals surface area contributed by atoms with Crippen LogP contribution in [0.1, 0.15) is 22.0 Å². The highest BCUT2D eigenvalue weighted by molar-refractivity contribution is 7.12. The first-order chi connectivity index (χ1) is 11.6. The molecule has 24 heavy (non-hydrogen) atoms. The van der Waals surface area contributed by atoms with E-state index in [0.717, 1.165) is 12.4 Å². The van der Waals surface area contributed by atoms with Crippen molar-refractivity contribution in [2.24, 2.45) is 0 Å². The quantitative estimate of drug-likeness (QED) is 0.518. The lowest BCUT2D eigenvalue weighted by molar-refractivity contribution is -0.161. The molecule has 1 N–H and O–H groups in total. The van der Waals surface area contributed by atoms with Gasteiger partial charge in [0, 0.05) is 18.9 Å². The highest BCUT2D eigenvalue weighted by Gasteiger charge is 2.43. The third kappa shape index (κ3) is 3.28. The number of esters is 1. The summed E-state index contributed by atoms with van der Waals surface area (Å²) in [5, 5.41) is 14.7. The minimum absolute atomic E-state index is 0.246. The standard InChI is InChI=1S/C17H18N2O3S2/c1-13-18-7-9-19(13)8-4-10-22-16(20)17(21,14-5-2-11-23-14)15-6-3-12-24-15/h2-3,5-7,9,11-12,21H,4,8,10H2,1H3. The molecule has 0 unspecified atom stereocenters. The molecule has 0 fully saturated rings. The summed E-state index contributed by atoms with van der Waals surface area (Å²) in [7, 11) is 0. The van der Waals surface area contributed by atoms with Crippen molar-refractivity contribution in [2.45, 2.75) is 25.5 Å². The van der Waals surface area contributed by atoms with Gasteiger partial charge in [-0.1, -0.05) is 12.1 Å². The molecule has 3 rings (SSSR count). The topological polar surface area (TPSA) is 64.4 Å². The van der Waals surface area contributed by atoms with Gasteiger partial charge in [0.1, 0.15) is 5.82 Å². The van der Waals surface area contributed by atoms with Crippen LogP contribution in [0, 0.1) is 6.92 Å². The number of ether oxygens (including phenoxy) is 1. The maximum Gasteiger partial charge on any atom is 0.349 e. The van der Waals surface area contributed by atoms with Gasteiger partial charge in [-0.05, 0) is 36.2 Å². The number of aliphatic hydroxyl groups is 1. The van der Waals surface area contributed by atoms with Crippen molar-refractivity contribution in [3.05, 3.63) is 63.0 Å². The molecule has 0 spiro atoms. The summed E-state index contributed by atoms with van der Waals surface area (Å²) in [4.78, 5) is 17.9. The van der Waals surface area contributed by atoms with E-state index in [9.17, 15) is 9.90 Å². The van der Waals surface area contributed by atoms with Crippen LogP contribution in [0.15, 0.2) is 47.4 Å². The molecule has 3 heterocycles. The van der Waals surface area contributed by atoms with Crippen LogP contribution in [0.3, 0.4) is 0 Å². The smallest absolute Gasteiger partial charge is 0.349 e. The highest BCUT2D eigenvalue weighted by atomic mass is 32.1. The van der Waals surface area contributed by atoms with Crippen LogP contribution in [-0.2, 0) is 21.7 Å². The van der Waals surface area contributed by atoms with Gasteiger partial charge in [-0.3, -0.25) is 0 Å². The van der Waals surface area contributed by atoms with Crippen molar-refractivity contribution in [2.75, 3.05) is 6.61 Å². The van der Waals surface area contributed by atoms with Gasteiger partial charge in [0.05, 0.1) is 16.4 Å². The Morgan fingerprint density at radius 2 is 1.96 bits per heavy atom. The Balaban J connectivity index is 1.66. The molecule has 7 heteroatoms. The van der Waals surface area contributed by atoms with Gasteiger partial charge in [0.2, 0.25) is 5.60 Å². The second-order valence-corrected chi connectivity index (χ2v) is 7.22. The number of carbonyl (C=O) groups excluding carboxylic acids is 1. The first-order valence-corrected chi connectivity index (χ1v) is 9.33. The summed E-state index contributed by atoms with van der Waals surface area (Å²) < 4.78 is 7.38.